The molecule has 6 nitrogen and oxygen atoms in total. The summed E-state index contributed by atoms with van der Waals surface area (Å²) in [5.41, 5.74) is 0. The minimum Gasteiger partial charge on any atom is -0.464 e. The third-order valence-corrected chi connectivity index (χ3v) is 1.80. The Hall–Kier alpha value is -1.80. The average Bonchev–Trinajstić information content (AvgIpc) is 2.27. The monoisotopic (exact) mass is 265 g/mol. The highest BCUT2D eigenvalue weighted by Gasteiger charge is 2.26. The molecule has 0 aliphatic rings. The lowest BCUT2D eigenvalue weighted by Crippen LogP contribution is -2.16. The Morgan fingerprint density at radius 2 is 1.83 bits per heavy atom. The maximum atomic E-state index is 12.0. The van der Waals surface area contributed by atoms with Crippen LogP contribution in [0.2, 0.25) is 0 Å². The molecule has 9 heteroatoms. The molecular weight excluding hydrogens is 251 g/mol. The van der Waals surface area contributed by atoms with Gasteiger partial charge in [-0.3, -0.25) is 0 Å². The molecule has 0 fully saturated rings. The van der Waals surface area contributed by atoms with Gasteiger partial charge in [0, 0.05) is 13.6 Å². The van der Waals surface area contributed by atoms with Crippen molar-refractivity contribution in [3.63, 3.8) is 0 Å². The molecule has 0 saturated heterocycles. The summed E-state index contributed by atoms with van der Waals surface area (Å²) < 4.78 is 41.0. The van der Waals surface area contributed by atoms with Crippen molar-refractivity contribution in [3.05, 3.63) is 0 Å². The van der Waals surface area contributed by atoms with Crippen LogP contribution in [0.4, 0.5) is 25.1 Å². The first-order valence-corrected chi connectivity index (χ1v) is 5.32. The average molecular weight is 265 g/mol. The Labute approximate surface area is 102 Å². The largest absolute Gasteiger partial charge is 0.464 e. The maximum Gasteiger partial charge on any atom is 0.390 e. The number of hydrogen-bond donors (Lipinski definition) is 2. The number of rotatable bonds is 6. The van der Waals surface area contributed by atoms with Crippen LogP contribution in [0.25, 0.3) is 0 Å². The van der Waals surface area contributed by atoms with Gasteiger partial charge >= 0.3 is 12.2 Å². The Morgan fingerprint density at radius 1 is 1.17 bits per heavy atom. The van der Waals surface area contributed by atoms with Gasteiger partial charge < -0.3 is 15.4 Å². The number of anilines is 2. The van der Waals surface area contributed by atoms with Gasteiger partial charge in [-0.25, -0.2) is 0 Å². The van der Waals surface area contributed by atoms with Crippen molar-refractivity contribution in [3.8, 4) is 6.01 Å². The quantitative estimate of drug-likeness (QED) is 0.815. The predicted molar refractivity (Wildman–Crippen MR) is 59.7 cm³/mol. The minimum absolute atomic E-state index is 0.0436. The fourth-order valence-electron chi connectivity index (χ4n) is 1.06. The third-order valence-electron chi connectivity index (χ3n) is 1.80. The van der Waals surface area contributed by atoms with Crippen molar-refractivity contribution in [2.24, 2.45) is 0 Å². The summed E-state index contributed by atoms with van der Waals surface area (Å²) in [6.45, 7) is 1.80. The van der Waals surface area contributed by atoms with Crippen molar-refractivity contribution < 1.29 is 17.9 Å². The highest BCUT2D eigenvalue weighted by Crippen LogP contribution is 2.19. The lowest BCUT2D eigenvalue weighted by molar-refractivity contribution is -0.131. The Balaban J connectivity index is 2.66. The summed E-state index contributed by atoms with van der Waals surface area (Å²) in [5.74, 6) is 0.269. The molecule has 102 valence electrons. The van der Waals surface area contributed by atoms with Crippen LogP contribution in [-0.2, 0) is 0 Å². The molecule has 0 spiro atoms. The molecule has 0 amide bonds. The highest BCUT2D eigenvalue weighted by molar-refractivity contribution is 5.35. The van der Waals surface area contributed by atoms with Gasteiger partial charge in [-0.05, 0) is 6.92 Å². The van der Waals surface area contributed by atoms with Crippen molar-refractivity contribution in [2.45, 2.75) is 19.5 Å². The van der Waals surface area contributed by atoms with E-state index in [9.17, 15) is 13.2 Å². The number of aromatic nitrogens is 3. The molecule has 18 heavy (non-hydrogen) atoms. The van der Waals surface area contributed by atoms with Crippen LogP contribution in [0.15, 0.2) is 0 Å². The molecule has 0 atom stereocenters. The third kappa shape index (κ3) is 5.02. The molecule has 0 bridgehead atoms. The van der Waals surface area contributed by atoms with Gasteiger partial charge in [-0.2, -0.15) is 28.1 Å². The first-order valence-electron chi connectivity index (χ1n) is 5.32. The molecule has 0 saturated carbocycles. The van der Waals surface area contributed by atoms with Gasteiger partial charge in [0.05, 0.1) is 13.0 Å². The summed E-state index contributed by atoms with van der Waals surface area (Å²) in [4.78, 5) is 11.6. The first kappa shape index (κ1) is 14.3. The van der Waals surface area contributed by atoms with Crippen molar-refractivity contribution in [2.75, 3.05) is 30.8 Å². The van der Waals surface area contributed by atoms with Crippen LogP contribution in [0.1, 0.15) is 13.3 Å². The van der Waals surface area contributed by atoms with Gasteiger partial charge in [-0.1, -0.05) is 0 Å². The smallest absolute Gasteiger partial charge is 0.390 e. The van der Waals surface area contributed by atoms with E-state index in [-0.39, 0.29) is 24.5 Å². The topological polar surface area (TPSA) is 72.0 Å². The molecule has 1 rings (SSSR count). The van der Waals surface area contributed by atoms with Gasteiger partial charge in [-0.15, -0.1) is 0 Å². The molecule has 0 radical (unpaired) electrons. The predicted octanol–water partition coefficient (Wildman–Crippen LogP) is 1.68. The molecule has 1 aromatic heterocycles. The van der Waals surface area contributed by atoms with Crippen molar-refractivity contribution >= 4 is 11.9 Å². The second-order valence-corrected chi connectivity index (χ2v) is 3.24. The van der Waals surface area contributed by atoms with Crippen LogP contribution < -0.4 is 15.4 Å². The number of halogens is 3. The van der Waals surface area contributed by atoms with Crippen LogP contribution in [0.3, 0.4) is 0 Å². The van der Waals surface area contributed by atoms with E-state index in [0.29, 0.717) is 6.61 Å². The van der Waals surface area contributed by atoms with Crippen LogP contribution >= 0.6 is 0 Å². The number of nitrogens with zero attached hydrogens (tertiary/aromatic N) is 3. The van der Waals surface area contributed by atoms with Crippen molar-refractivity contribution in [1.29, 1.82) is 0 Å². The fourth-order valence-corrected chi connectivity index (χ4v) is 1.06. The van der Waals surface area contributed by atoms with E-state index in [0.717, 1.165) is 0 Å². The molecule has 1 heterocycles. The lowest BCUT2D eigenvalue weighted by atomic mass is 10.4. The number of ether oxygens (including phenoxy) is 1. The minimum atomic E-state index is -4.21. The van der Waals surface area contributed by atoms with E-state index in [1.807, 2.05) is 0 Å². The normalized spacial score (nSPS) is 11.2. The fraction of sp³-hybridized carbons (Fsp3) is 0.667. The van der Waals surface area contributed by atoms with Crippen molar-refractivity contribution in [1.82, 2.24) is 15.0 Å². The van der Waals surface area contributed by atoms with E-state index in [4.69, 9.17) is 4.74 Å². The Morgan fingerprint density at radius 3 is 2.39 bits per heavy atom. The van der Waals surface area contributed by atoms with E-state index in [1.165, 1.54) is 0 Å². The molecule has 0 aromatic carbocycles. The van der Waals surface area contributed by atoms with Crippen LogP contribution in [0.5, 0.6) is 6.01 Å². The van der Waals surface area contributed by atoms with E-state index < -0.39 is 12.6 Å². The standard InChI is InChI=1S/C9H14F3N5O/c1-3-18-8-16-6(13-2)15-7(17-8)14-5-4-9(10,11)12/h3-5H2,1-2H3,(H2,13,14,15,16,17). The molecule has 0 aliphatic carbocycles. The summed E-state index contributed by atoms with van der Waals surface area (Å²) in [5, 5.41) is 5.14. The molecule has 0 aliphatic heterocycles. The number of hydrogen-bond acceptors (Lipinski definition) is 6. The van der Waals surface area contributed by atoms with E-state index in [1.54, 1.807) is 14.0 Å². The number of alkyl halides is 3. The molecule has 2 N–H and O–H groups in total. The highest BCUT2D eigenvalue weighted by atomic mass is 19.4. The van der Waals surface area contributed by atoms with Gasteiger partial charge in [0.2, 0.25) is 11.9 Å². The molecule has 0 unspecified atom stereocenters. The molecular formula is C9H14F3N5O. The second-order valence-electron chi connectivity index (χ2n) is 3.24. The summed E-state index contributed by atoms with van der Waals surface area (Å²) in [7, 11) is 1.59. The lowest BCUT2D eigenvalue weighted by Gasteiger charge is -2.09. The zero-order chi connectivity index (χ0) is 13.6. The van der Waals surface area contributed by atoms with Gasteiger partial charge in [0.25, 0.3) is 0 Å². The second kappa shape index (κ2) is 6.22. The molecule has 1 aromatic rings. The van der Waals surface area contributed by atoms with E-state index >= 15 is 0 Å². The maximum absolute atomic E-state index is 12.0. The Bertz CT molecular complexity index is 385. The van der Waals surface area contributed by atoms with Crippen LogP contribution in [0, 0.1) is 0 Å². The van der Waals surface area contributed by atoms with E-state index in [2.05, 4.69) is 25.6 Å². The Kier molecular flexibility index (Phi) is 4.93. The number of nitrogens with one attached hydrogen (secondary N) is 2. The summed E-state index contributed by atoms with van der Waals surface area (Å²) in [6.07, 6.45) is -5.17. The van der Waals surface area contributed by atoms with Gasteiger partial charge in [0.15, 0.2) is 0 Å². The zero-order valence-corrected chi connectivity index (χ0v) is 10.0. The summed E-state index contributed by atoms with van der Waals surface area (Å²) in [6, 6.07) is 0.0614. The summed E-state index contributed by atoms with van der Waals surface area (Å²) >= 11 is 0. The zero-order valence-electron chi connectivity index (χ0n) is 10.0. The first-order chi connectivity index (χ1) is 8.44. The van der Waals surface area contributed by atoms with Gasteiger partial charge in [0.1, 0.15) is 0 Å². The SMILES string of the molecule is CCOc1nc(NC)nc(NCCC(F)(F)F)n1. The van der Waals surface area contributed by atoms with Crippen LogP contribution in [-0.4, -0.2) is 41.3 Å².